The number of hydrogen-bond donors (Lipinski definition) is 2. The van der Waals surface area contributed by atoms with Crippen LogP contribution in [-0.2, 0) is 9.47 Å². The largest absolute Gasteiger partial charge is 0.464 e. The zero-order valence-corrected chi connectivity index (χ0v) is 22.1. The monoisotopic (exact) mass is 522 g/mol. The molecule has 3 N–H and O–H groups in total. The fourth-order valence-corrected chi connectivity index (χ4v) is 4.47. The maximum absolute atomic E-state index is 12.8. The van der Waals surface area contributed by atoms with Crippen LogP contribution in [0.2, 0.25) is 0 Å². The van der Waals surface area contributed by atoms with Crippen LogP contribution in [0, 0.1) is 5.92 Å². The second kappa shape index (κ2) is 11.1. The Hall–Kier alpha value is -4.05. The molecule has 1 unspecified atom stereocenters. The molecule has 0 radical (unpaired) electrons. The number of nitrogens with two attached hydrogens (primary N) is 1. The summed E-state index contributed by atoms with van der Waals surface area (Å²) < 4.78 is 17.6. The molecule has 4 rings (SSSR count). The summed E-state index contributed by atoms with van der Waals surface area (Å²) in [5, 5.41) is 9.80. The molecular weight excluding hydrogens is 488 g/mol. The molecule has 10 heteroatoms. The molecule has 1 aliphatic rings. The van der Waals surface area contributed by atoms with Crippen molar-refractivity contribution in [1.82, 2.24) is 14.6 Å². The predicted octanol–water partition coefficient (Wildman–Crippen LogP) is 4.18. The van der Waals surface area contributed by atoms with Gasteiger partial charge >= 0.3 is 12.1 Å². The predicted molar refractivity (Wildman–Crippen MR) is 141 cm³/mol. The van der Waals surface area contributed by atoms with Gasteiger partial charge in [0.25, 0.3) is 0 Å². The highest BCUT2D eigenvalue weighted by atomic mass is 16.6. The van der Waals surface area contributed by atoms with Gasteiger partial charge < -0.3 is 30.1 Å². The van der Waals surface area contributed by atoms with Crippen LogP contribution >= 0.6 is 0 Å². The lowest BCUT2D eigenvalue weighted by molar-refractivity contribution is -0.00689. The fraction of sp³-hybridized carbons (Fsp3) is 0.393. The molecule has 0 aliphatic carbocycles. The molecule has 0 bridgehead atoms. The van der Waals surface area contributed by atoms with Crippen molar-refractivity contribution in [2.45, 2.75) is 38.7 Å². The molecule has 1 atom stereocenters. The number of imidazole rings is 1. The number of ether oxygens (including phenoxy) is 3. The maximum Gasteiger partial charge on any atom is 0.410 e. The van der Waals surface area contributed by atoms with E-state index in [1.165, 1.54) is 11.8 Å². The van der Waals surface area contributed by atoms with E-state index in [2.05, 4.69) is 0 Å². The molecule has 10 nitrogen and oxygen atoms in total. The first kappa shape index (κ1) is 27.0. The molecule has 0 spiro atoms. The Bertz CT molecular complexity index is 1260. The van der Waals surface area contributed by atoms with Crippen molar-refractivity contribution in [3.63, 3.8) is 0 Å². The molecule has 1 saturated heterocycles. The summed E-state index contributed by atoms with van der Waals surface area (Å²) >= 11 is 0. The number of benzene rings is 2. The number of nitrogen functional groups attached to an aromatic ring is 1. The highest BCUT2D eigenvalue weighted by molar-refractivity contribution is 5.95. The summed E-state index contributed by atoms with van der Waals surface area (Å²) in [7, 11) is 1.28. The second-order valence-electron chi connectivity index (χ2n) is 10.2. The highest BCUT2D eigenvalue weighted by Crippen LogP contribution is 2.37. The lowest BCUT2D eigenvalue weighted by Gasteiger charge is -2.43. The van der Waals surface area contributed by atoms with Gasteiger partial charge in [0.2, 0.25) is 0 Å². The van der Waals surface area contributed by atoms with E-state index in [9.17, 15) is 14.7 Å². The van der Waals surface area contributed by atoms with Crippen molar-refractivity contribution >= 4 is 12.1 Å². The first-order valence-electron chi connectivity index (χ1n) is 12.5. The number of para-hydroxylation sites is 1. The van der Waals surface area contributed by atoms with Crippen molar-refractivity contribution in [2.24, 2.45) is 5.92 Å². The van der Waals surface area contributed by atoms with Crippen LogP contribution in [0.15, 0.2) is 54.6 Å². The quantitative estimate of drug-likeness (QED) is 0.333. The molecule has 1 amide bonds. The number of carbonyl (C=O) groups excluding carboxylic acids is 2. The lowest BCUT2D eigenvalue weighted by atomic mass is 9.83. The summed E-state index contributed by atoms with van der Waals surface area (Å²) in [6.07, 6.45) is -0.0216. The molecule has 2 heterocycles. The molecular formula is C28H34N4O6. The van der Waals surface area contributed by atoms with Crippen LogP contribution in [-0.4, -0.2) is 64.1 Å². The Morgan fingerprint density at radius 2 is 1.71 bits per heavy atom. The third-order valence-electron chi connectivity index (χ3n) is 6.33. The van der Waals surface area contributed by atoms with E-state index in [0.717, 1.165) is 0 Å². The van der Waals surface area contributed by atoms with Crippen LogP contribution in [0.5, 0.6) is 11.5 Å². The first-order valence-corrected chi connectivity index (χ1v) is 12.5. The number of esters is 1. The normalized spacial score (nSPS) is 14.5. The van der Waals surface area contributed by atoms with Crippen LogP contribution in [0.4, 0.5) is 4.79 Å². The number of aliphatic hydroxyl groups excluding tert-OH is 1. The molecule has 1 aliphatic heterocycles. The first-order chi connectivity index (χ1) is 18.1. The minimum Gasteiger partial charge on any atom is -0.464 e. The summed E-state index contributed by atoms with van der Waals surface area (Å²) in [6.45, 7) is 6.21. The minimum atomic E-state index is -0.627. The average Bonchev–Trinajstić information content (AvgIpc) is 3.19. The number of methoxy groups -OCH3 is 1. The number of amides is 1. The molecule has 1 fully saturated rings. The Kier molecular flexibility index (Phi) is 7.91. The SMILES string of the molecule is COC(=O)c1c(-c2ccc(Oc3ccccc3)cc2)nc(C(CCO)C2CN(C(=O)OC(C)(C)C)C2)n1N. The Balaban J connectivity index is 1.60. The standard InChI is InChI=1S/C28H34N4O6/c1-28(2,3)38-27(35)31-16-19(17-31)22(14-15-33)25-30-23(24(32(25)29)26(34)36-4)18-10-12-21(13-11-18)37-20-8-6-5-7-9-20/h5-13,19,22,33H,14-17,29H2,1-4H3. The Morgan fingerprint density at radius 3 is 2.29 bits per heavy atom. The van der Waals surface area contributed by atoms with Gasteiger partial charge in [0.15, 0.2) is 5.69 Å². The number of carbonyl (C=O) groups is 2. The van der Waals surface area contributed by atoms with Gasteiger partial charge in [-0.15, -0.1) is 0 Å². The van der Waals surface area contributed by atoms with E-state index >= 15 is 0 Å². The highest BCUT2D eigenvalue weighted by Gasteiger charge is 2.41. The summed E-state index contributed by atoms with van der Waals surface area (Å²) in [6, 6.07) is 16.6. The van der Waals surface area contributed by atoms with Crippen molar-refractivity contribution in [3.05, 3.63) is 66.1 Å². The van der Waals surface area contributed by atoms with Gasteiger partial charge in [0.1, 0.15) is 28.6 Å². The number of nitrogens with zero attached hydrogens (tertiary/aromatic N) is 3. The molecule has 202 valence electrons. The zero-order chi connectivity index (χ0) is 27.4. The molecule has 3 aromatic rings. The van der Waals surface area contributed by atoms with Crippen LogP contribution < -0.4 is 10.6 Å². The third kappa shape index (κ3) is 5.91. The zero-order valence-electron chi connectivity index (χ0n) is 22.1. The number of likely N-dealkylation sites (tertiary alicyclic amines) is 1. The lowest BCUT2D eigenvalue weighted by Crippen LogP contribution is -2.54. The second-order valence-corrected chi connectivity index (χ2v) is 10.2. The third-order valence-corrected chi connectivity index (χ3v) is 6.33. The van der Waals surface area contributed by atoms with Crippen molar-refractivity contribution < 1.29 is 28.9 Å². The number of aliphatic hydroxyl groups is 1. The average molecular weight is 523 g/mol. The van der Waals surface area contributed by atoms with E-state index < -0.39 is 11.6 Å². The van der Waals surface area contributed by atoms with E-state index in [4.69, 9.17) is 25.0 Å². The topological polar surface area (TPSA) is 129 Å². The van der Waals surface area contributed by atoms with Gasteiger partial charge in [-0.2, -0.15) is 0 Å². The van der Waals surface area contributed by atoms with Crippen LogP contribution in [0.3, 0.4) is 0 Å². The van der Waals surface area contributed by atoms with E-state index in [1.54, 1.807) is 29.2 Å². The molecule has 1 aromatic heterocycles. The smallest absolute Gasteiger partial charge is 0.410 e. The summed E-state index contributed by atoms with van der Waals surface area (Å²) in [4.78, 5) is 31.5. The van der Waals surface area contributed by atoms with Gasteiger partial charge in [-0.25, -0.2) is 19.2 Å². The molecule has 2 aromatic carbocycles. The van der Waals surface area contributed by atoms with Crippen molar-refractivity contribution in [3.8, 4) is 22.8 Å². The summed E-state index contributed by atoms with van der Waals surface area (Å²) in [5.41, 5.74) is 0.534. The van der Waals surface area contributed by atoms with Gasteiger partial charge in [-0.1, -0.05) is 18.2 Å². The number of hydrogen-bond acceptors (Lipinski definition) is 8. The maximum atomic E-state index is 12.8. The molecule has 0 saturated carbocycles. The fourth-order valence-electron chi connectivity index (χ4n) is 4.47. The van der Waals surface area contributed by atoms with Crippen molar-refractivity contribution in [1.29, 1.82) is 0 Å². The van der Waals surface area contributed by atoms with Gasteiger partial charge in [0, 0.05) is 37.1 Å². The van der Waals surface area contributed by atoms with Gasteiger partial charge in [-0.05, 0) is 63.6 Å². The van der Waals surface area contributed by atoms with E-state index in [-0.39, 0.29) is 30.2 Å². The Morgan fingerprint density at radius 1 is 1.08 bits per heavy atom. The van der Waals surface area contributed by atoms with Crippen molar-refractivity contribution in [2.75, 3.05) is 32.6 Å². The van der Waals surface area contributed by atoms with E-state index in [1.807, 2.05) is 51.1 Å². The summed E-state index contributed by atoms with van der Waals surface area (Å²) in [5.74, 6) is 7.26. The van der Waals surface area contributed by atoms with Crippen LogP contribution in [0.25, 0.3) is 11.3 Å². The van der Waals surface area contributed by atoms with Crippen LogP contribution in [0.1, 0.15) is 49.4 Å². The Labute approximate surface area is 221 Å². The number of aromatic nitrogens is 2. The van der Waals surface area contributed by atoms with Gasteiger partial charge in [0.05, 0.1) is 7.11 Å². The van der Waals surface area contributed by atoms with Gasteiger partial charge in [-0.3, -0.25) is 0 Å². The minimum absolute atomic E-state index is 0.0145. The molecule has 38 heavy (non-hydrogen) atoms. The number of rotatable bonds is 8. The van der Waals surface area contributed by atoms with E-state index in [0.29, 0.717) is 48.1 Å².